The van der Waals surface area contributed by atoms with Crippen LogP contribution in [0.25, 0.3) is 11.3 Å². The van der Waals surface area contributed by atoms with Crippen LogP contribution in [-0.4, -0.2) is 49.6 Å². The van der Waals surface area contributed by atoms with Gasteiger partial charge in [0.15, 0.2) is 0 Å². The number of morpholine rings is 1. The number of nitrogens with zero attached hydrogens (tertiary/aromatic N) is 1. The van der Waals surface area contributed by atoms with E-state index >= 15 is 0 Å². The van der Waals surface area contributed by atoms with Crippen molar-refractivity contribution < 1.29 is 19.1 Å². The fourth-order valence-corrected chi connectivity index (χ4v) is 4.15. The lowest BCUT2D eigenvalue weighted by Crippen LogP contribution is -2.41. The van der Waals surface area contributed by atoms with E-state index in [1.54, 1.807) is 18.2 Å². The molecule has 3 heterocycles. The van der Waals surface area contributed by atoms with Crippen molar-refractivity contribution in [3.05, 3.63) is 58.1 Å². The number of anilines is 2. The molecule has 3 aliphatic heterocycles. The molecule has 0 saturated carbocycles. The summed E-state index contributed by atoms with van der Waals surface area (Å²) in [6, 6.07) is 10.9. The average Bonchev–Trinajstić information content (AvgIpc) is 3.27. The van der Waals surface area contributed by atoms with E-state index in [2.05, 4.69) is 15.5 Å². The molecule has 0 atom stereocenters. The minimum Gasteiger partial charge on any atom is -0.487 e. The average molecular weight is 426 g/mol. The van der Waals surface area contributed by atoms with Gasteiger partial charge in [0.1, 0.15) is 12.4 Å². The second kappa shape index (κ2) is 7.75. The normalized spacial score (nSPS) is 20.4. The van der Waals surface area contributed by atoms with E-state index in [1.165, 1.54) is 0 Å². The van der Waals surface area contributed by atoms with Gasteiger partial charge in [0.25, 0.3) is 5.91 Å². The van der Waals surface area contributed by atoms with Gasteiger partial charge >= 0.3 is 0 Å². The summed E-state index contributed by atoms with van der Waals surface area (Å²) in [5.41, 5.74) is 4.41. The fraction of sp³-hybridized carbons (Fsp3) is 0.273. The van der Waals surface area contributed by atoms with Gasteiger partial charge in [-0.15, -0.1) is 0 Å². The Labute approximate surface area is 178 Å². The van der Waals surface area contributed by atoms with Crippen molar-refractivity contribution in [2.45, 2.75) is 6.61 Å². The largest absolute Gasteiger partial charge is 0.487 e. The van der Waals surface area contributed by atoms with Crippen LogP contribution in [0.1, 0.15) is 16.7 Å². The van der Waals surface area contributed by atoms with Gasteiger partial charge < -0.3 is 20.1 Å². The highest BCUT2D eigenvalue weighted by molar-refractivity contribution is 6.38. The highest BCUT2D eigenvalue weighted by Gasteiger charge is 2.32. The van der Waals surface area contributed by atoms with Crippen molar-refractivity contribution in [3.8, 4) is 0 Å². The molecule has 2 amide bonds. The molecule has 8 heteroatoms. The highest BCUT2D eigenvalue weighted by Crippen LogP contribution is 2.42. The first-order valence-electron chi connectivity index (χ1n) is 9.80. The third-order valence-corrected chi connectivity index (χ3v) is 5.66. The lowest BCUT2D eigenvalue weighted by molar-refractivity contribution is -0.118. The van der Waals surface area contributed by atoms with E-state index in [0.717, 1.165) is 35.5 Å². The highest BCUT2D eigenvalue weighted by atomic mass is 35.5. The Kier molecular flexibility index (Phi) is 4.94. The zero-order chi connectivity index (χ0) is 20.7. The first-order chi connectivity index (χ1) is 14.6. The van der Waals surface area contributed by atoms with Gasteiger partial charge in [-0.3, -0.25) is 14.5 Å². The summed E-state index contributed by atoms with van der Waals surface area (Å²) >= 11 is 6.13. The van der Waals surface area contributed by atoms with Crippen LogP contribution >= 0.6 is 11.6 Å². The molecule has 0 aliphatic carbocycles. The van der Waals surface area contributed by atoms with E-state index in [4.69, 9.17) is 21.1 Å². The van der Waals surface area contributed by atoms with E-state index in [1.807, 2.05) is 18.2 Å². The molecule has 0 bridgehead atoms. The predicted molar refractivity (Wildman–Crippen MR) is 114 cm³/mol. The lowest BCUT2D eigenvalue weighted by Gasteiger charge is -2.25. The Balaban J connectivity index is 1.38. The third-order valence-electron chi connectivity index (χ3n) is 5.43. The summed E-state index contributed by atoms with van der Waals surface area (Å²) in [4.78, 5) is 27.0. The second-order valence-electron chi connectivity index (χ2n) is 7.45. The summed E-state index contributed by atoms with van der Waals surface area (Å²) in [6.45, 7) is 3.51. The van der Waals surface area contributed by atoms with Gasteiger partial charge in [-0.1, -0.05) is 11.6 Å². The number of nitrogens with one attached hydrogen (secondary N) is 2. The number of carbonyl (C=O) groups excluding carboxylic acids is 2. The Morgan fingerprint density at radius 2 is 1.97 bits per heavy atom. The predicted octanol–water partition coefficient (Wildman–Crippen LogP) is 2.96. The quantitative estimate of drug-likeness (QED) is 0.739. The minimum atomic E-state index is -0.210. The zero-order valence-electron chi connectivity index (χ0n) is 16.2. The molecule has 154 valence electrons. The van der Waals surface area contributed by atoms with Gasteiger partial charge in [0.05, 0.1) is 25.3 Å². The first kappa shape index (κ1) is 19.1. The lowest BCUT2D eigenvalue weighted by atomic mass is 10.00. The SMILES string of the molecule is O=C(CN1CCOCC1)Nc1ccc2c(c1)COC2=C1C(=O)Nc2ccc(Cl)cc21. The van der Waals surface area contributed by atoms with Crippen LogP contribution in [0.2, 0.25) is 5.02 Å². The second-order valence-corrected chi connectivity index (χ2v) is 7.88. The maximum absolute atomic E-state index is 12.6. The van der Waals surface area contributed by atoms with Crippen LogP contribution in [-0.2, 0) is 25.7 Å². The van der Waals surface area contributed by atoms with E-state index in [9.17, 15) is 9.59 Å². The number of halogens is 1. The van der Waals surface area contributed by atoms with Crippen molar-refractivity contribution in [1.29, 1.82) is 0 Å². The van der Waals surface area contributed by atoms with Gasteiger partial charge in [0.2, 0.25) is 5.91 Å². The fourth-order valence-electron chi connectivity index (χ4n) is 3.97. The molecule has 2 N–H and O–H groups in total. The smallest absolute Gasteiger partial charge is 0.260 e. The number of hydrogen-bond donors (Lipinski definition) is 2. The van der Waals surface area contributed by atoms with Crippen LogP contribution in [0.5, 0.6) is 0 Å². The molecule has 3 aliphatic rings. The van der Waals surface area contributed by atoms with Crippen LogP contribution < -0.4 is 10.6 Å². The van der Waals surface area contributed by atoms with Gasteiger partial charge in [-0.2, -0.15) is 0 Å². The standard InChI is InChI=1S/C22H20ClN3O4/c23-14-1-4-18-17(10-14)20(22(28)25-18)21-16-3-2-15(9-13(16)12-30-21)24-19(27)11-26-5-7-29-8-6-26/h1-4,9-10H,5-8,11-12H2,(H,24,27)(H,25,28). The first-order valence-corrected chi connectivity index (χ1v) is 10.2. The topological polar surface area (TPSA) is 79.9 Å². The van der Waals surface area contributed by atoms with Crippen molar-refractivity contribution in [2.75, 3.05) is 43.5 Å². The Morgan fingerprint density at radius 1 is 1.13 bits per heavy atom. The van der Waals surface area contributed by atoms with Gasteiger partial charge in [-0.05, 0) is 36.4 Å². The molecule has 2 aromatic carbocycles. The summed E-state index contributed by atoms with van der Waals surface area (Å²) in [7, 11) is 0. The zero-order valence-corrected chi connectivity index (χ0v) is 16.9. The van der Waals surface area contributed by atoms with E-state index in [0.29, 0.717) is 48.4 Å². The summed E-state index contributed by atoms with van der Waals surface area (Å²) in [5.74, 6) is 0.265. The Bertz CT molecular complexity index is 1080. The number of rotatable bonds is 3. The van der Waals surface area contributed by atoms with Crippen molar-refractivity contribution >= 4 is 46.1 Å². The molecule has 0 spiro atoms. The molecule has 0 unspecified atom stereocenters. The summed E-state index contributed by atoms with van der Waals surface area (Å²) in [6.07, 6.45) is 0. The van der Waals surface area contributed by atoms with Crippen molar-refractivity contribution in [2.24, 2.45) is 0 Å². The van der Waals surface area contributed by atoms with Crippen LogP contribution in [0.3, 0.4) is 0 Å². The van der Waals surface area contributed by atoms with Crippen LogP contribution in [0, 0.1) is 0 Å². The van der Waals surface area contributed by atoms with Gasteiger partial charge in [-0.25, -0.2) is 0 Å². The maximum atomic E-state index is 12.6. The Hall–Kier alpha value is -2.87. The van der Waals surface area contributed by atoms with E-state index in [-0.39, 0.29) is 11.8 Å². The van der Waals surface area contributed by atoms with E-state index < -0.39 is 0 Å². The number of benzene rings is 2. The number of ether oxygens (including phenoxy) is 2. The number of amides is 2. The molecule has 2 aromatic rings. The van der Waals surface area contributed by atoms with Crippen molar-refractivity contribution in [1.82, 2.24) is 4.90 Å². The van der Waals surface area contributed by atoms with Crippen LogP contribution in [0.4, 0.5) is 11.4 Å². The molecule has 5 rings (SSSR count). The summed E-state index contributed by atoms with van der Waals surface area (Å²) in [5, 5.41) is 6.35. The molecule has 0 radical (unpaired) electrons. The molecular weight excluding hydrogens is 406 g/mol. The molecule has 7 nitrogen and oxygen atoms in total. The summed E-state index contributed by atoms with van der Waals surface area (Å²) < 4.78 is 11.2. The number of carbonyl (C=O) groups is 2. The Morgan fingerprint density at radius 3 is 2.80 bits per heavy atom. The molecule has 0 aromatic heterocycles. The molecule has 30 heavy (non-hydrogen) atoms. The molecule has 1 saturated heterocycles. The molecular formula is C22H20ClN3O4. The minimum absolute atomic E-state index is 0.0620. The molecule has 1 fully saturated rings. The monoisotopic (exact) mass is 425 g/mol. The van der Waals surface area contributed by atoms with Gasteiger partial charge in [0, 0.05) is 46.2 Å². The van der Waals surface area contributed by atoms with Crippen LogP contribution in [0.15, 0.2) is 36.4 Å². The maximum Gasteiger partial charge on any atom is 0.260 e. The third kappa shape index (κ3) is 3.56. The number of hydrogen-bond acceptors (Lipinski definition) is 5. The van der Waals surface area contributed by atoms with Crippen molar-refractivity contribution in [3.63, 3.8) is 0 Å². The number of fused-ring (bicyclic) bond motifs is 2.